The molecule has 1 aromatic rings. The number of aliphatic hydroxyl groups is 1. The highest BCUT2D eigenvalue weighted by Crippen LogP contribution is 2.23. The molecule has 3 nitrogen and oxygen atoms in total. The molecule has 3 heteroatoms. The third kappa shape index (κ3) is 2.36. The van der Waals surface area contributed by atoms with Crippen LogP contribution in [0.5, 0.6) is 11.5 Å². The molecule has 1 rings (SSSR count). The van der Waals surface area contributed by atoms with Crippen molar-refractivity contribution < 1.29 is 14.6 Å². The zero-order valence-corrected chi connectivity index (χ0v) is 7.91. The first-order valence-corrected chi connectivity index (χ1v) is 4.13. The fraction of sp³-hybridized carbons (Fsp3) is 0.400. The average Bonchev–Trinajstić information content (AvgIpc) is 2.18. The minimum Gasteiger partial charge on any atom is -0.497 e. The summed E-state index contributed by atoms with van der Waals surface area (Å²) in [5.41, 5.74) is 0.962. The average molecular weight is 182 g/mol. The van der Waals surface area contributed by atoms with Crippen molar-refractivity contribution in [2.45, 2.75) is 6.42 Å². The van der Waals surface area contributed by atoms with Gasteiger partial charge in [-0.3, -0.25) is 0 Å². The Morgan fingerprint density at radius 1 is 1.23 bits per heavy atom. The summed E-state index contributed by atoms with van der Waals surface area (Å²) in [6, 6.07) is 5.54. The van der Waals surface area contributed by atoms with Gasteiger partial charge in [0.15, 0.2) is 0 Å². The minimum atomic E-state index is 0.115. The van der Waals surface area contributed by atoms with Gasteiger partial charge < -0.3 is 14.6 Å². The lowest BCUT2D eigenvalue weighted by Crippen LogP contribution is -1.96. The maximum atomic E-state index is 8.81. The summed E-state index contributed by atoms with van der Waals surface area (Å²) in [6.45, 7) is 0.115. The first-order chi connectivity index (χ1) is 6.31. The zero-order chi connectivity index (χ0) is 9.68. The number of hydrogen-bond donors (Lipinski definition) is 1. The molecule has 0 unspecified atom stereocenters. The number of aliphatic hydroxyl groups excluding tert-OH is 1. The number of methoxy groups -OCH3 is 2. The Balaban J connectivity index is 2.95. The molecule has 0 aliphatic carbocycles. The van der Waals surface area contributed by atoms with E-state index in [1.54, 1.807) is 14.2 Å². The van der Waals surface area contributed by atoms with Crippen LogP contribution in [0.3, 0.4) is 0 Å². The molecule has 0 aromatic heterocycles. The lowest BCUT2D eigenvalue weighted by Gasteiger charge is -2.08. The van der Waals surface area contributed by atoms with Gasteiger partial charge in [-0.2, -0.15) is 0 Å². The molecule has 0 radical (unpaired) electrons. The fourth-order valence-corrected chi connectivity index (χ4v) is 1.20. The lowest BCUT2D eigenvalue weighted by molar-refractivity contribution is 0.296. The third-order valence-corrected chi connectivity index (χ3v) is 1.87. The van der Waals surface area contributed by atoms with E-state index in [0.717, 1.165) is 17.1 Å². The van der Waals surface area contributed by atoms with Gasteiger partial charge in [0, 0.05) is 12.2 Å². The van der Waals surface area contributed by atoms with Crippen molar-refractivity contribution in [1.29, 1.82) is 0 Å². The molecular weight excluding hydrogens is 168 g/mol. The van der Waals surface area contributed by atoms with E-state index in [-0.39, 0.29) is 6.61 Å². The largest absolute Gasteiger partial charge is 0.497 e. The normalized spacial score (nSPS) is 9.77. The molecule has 13 heavy (non-hydrogen) atoms. The second kappa shape index (κ2) is 4.72. The standard InChI is InChI=1S/C10H14O3/c1-12-9-3-4-10(13-2)8(7-9)5-6-11/h3-4,7,11H,5-6H2,1-2H3. The van der Waals surface area contributed by atoms with Crippen LogP contribution >= 0.6 is 0 Å². The van der Waals surface area contributed by atoms with Crippen molar-refractivity contribution in [3.63, 3.8) is 0 Å². The summed E-state index contributed by atoms with van der Waals surface area (Å²) in [4.78, 5) is 0. The van der Waals surface area contributed by atoms with Crippen molar-refractivity contribution in [3.05, 3.63) is 23.8 Å². The maximum Gasteiger partial charge on any atom is 0.122 e. The van der Waals surface area contributed by atoms with Gasteiger partial charge in [-0.25, -0.2) is 0 Å². The lowest BCUT2D eigenvalue weighted by atomic mass is 10.1. The Morgan fingerprint density at radius 3 is 2.54 bits per heavy atom. The summed E-state index contributed by atoms with van der Waals surface area (Å²) in [5.74, 6) is 1.57. The van der Waals surface area contributed by atoms with Crippen LogP contribution in [0.2, 0.25) is 0 Å². The Hall–Kier alpha value is -1.22. The molecule has 0 bridgehead atoms. The summed E-state index contributed by atoms with van der Waals surface area (Å²) < 4.78 is 10.2. The SMILES string of the molecule is COc1ccc(OC)c(CCO)c1. The number of benzene rings is 1. The third-order valence-electron chi connectivity index (χ3n) is 1.87. The summed E-state index contributed by atoms with van der Waals surface area (Å²) in [5, 5.41) is 8.81. The van der Waals surface area contributed by atoms with Crippen molar-refractivity contribution in [2.75, 3.05) is 20.8 Å². The predicted molar refractivity (Wildman–Crippen MR) is 50.3 cm³/mol. The van der Waals surface area contributed by atoms with Gasteiger partial charge in [-0.05, 0) is 24.6 Å². The van der Waals surface area contributed by atoms with E-state index in [2.05, 4.69) is 0 Å². The molecule has 0 fully saturated rings. The van der Waals surface area contributed by atoms with E-state index in [0.29, 0.717) is 6.42 Å². The van der Waals surface area contributed by atoms with Gasteiger partial charge >= 0.3 is 0 Å². The highest BCUT2D eigenvalue weighted by molar-refractivity contribution is 5.40. The smallest absolute Gasteiger partial charge is 0.122 e. The first-order valence-electron chi connectivity index (χ1n) is 4.13. The minimum absolute atomic E-state index is 0.115. The van der Waals surface area contributed by atoms with Crippen LogP contribution in [0.4, 0.5) is 0 Å². The molecule has 1 N–H and O–H groups in total. The van der Waals surface area contributed by atoms with Crippen molar-refractivity contribution in [1.82, 2.24) is 0 Å². The fourth-order valence-electron chi connectivity index (χ4n) is 1.20. The van der Waals surface area contributed by atoms with Crippen LogP contribution in [-0.2, 0) is 6.42 Å². The molecule has 72 valence electrons. The van der Waals surface area contributed by atoms with Crippen LogP contribution in [0.25, 0.3) is 0 Å². The molecule has 0 aliphatic rings. The van der Waals surface area contributed by atoms with E-state index in [9.17, 15) is 0 Å². The highest BCUT2D eigenvalue weighted by Gasteiger charge is 2.03. The highest BCUT2D eigenvalue weighted by atomic mass is 16.5. The Kier molecular flexibility index (Phi) is 3.58. The van der Waals surface area contributed by atoms with Gasteiger partial charge in [0.2, 0.25) is 0 Å². The topological polar surface area (TPSA) is 38.7 Å². The maximum absolute atomic E-state index is 8.81. The molecule has 0 amide bonds. The molecule has 0 spiro atoms. The molecule has 0 saturated carbocycles. The van der Waals surface area contributed by atoms with Crippen LogP contribution in [0.1, 0.15) is 5.56 Å². The van der Waals surface area contributed by atoms with E-state index in [4.69, 9.17) is 14.6 Å². The number of ether oxygens (including phenoxy) is 2. The predicted octanol–water partition coefficient (Wildman–Crippen LogP) is 1.24. The van der Waals surface area contributed by atoms with Crippen molar-refractivity contribution >= 4 is 0 Å². The second-order valence-corrected chi connectivity index (χ2v) is 2.65. The van der Waals surface area contributed by atoms with E-state index in [1.165, 1.54) is 0 Å². The van der Waals surface area contributed by atoms with E-state index >= 15 is 0 Å². The number of hydrogen-bond acceptors (Lipinski definition) is 3. The van der Waals surface area contributed by atoms with Gasteiger partial charge in [0.25, 0.3) is 0 Å². The van der Waals surface area contributed by atoms with Crippen LogP contribution in [-0.4, -0.2) is 25.9 Å². The van der Waals surface area contributed by atoms with Crippen molar-refractivity contribution in [3.8, 4) is 11.5 Å². The van der Waals surface area contributed by atoms with Crippen LogP contribution in [0.15, 0.2) is 18.2 Å². The van der Waals surface area contributed by atoms with Crippen LogP contribution in [0, 0.1) is 0 Å². The molecular formula is C10H14O3. The molecule has 0 heterocycles. The Morgan fingerprint density at radius 2 is 2.00 bits per heavy atom. The zero-order valence-electron chi connectivity index (χ0n) is 7.91. The summed E-state index contributed by atoms with van der Waals surface area (Å²) >= 11 is 0. The van der Waals surface area contributed by atoms with E-state index < -0.39 is 0 Å². The quantitative estimate of drug-likeness (QED) is 0.761. The van der Waals surface area contributed by atoms with Gasteiger partial charge in [-0.15, -0.1) is 0 Å². The van der Waals surface area contributed by atoms with Gasteiger partial charge in [-0.1, -0.05) is 0 Å². The summed E-state index contributed by atoms with van der Waals surface area (Å²) in [6.07, 6.45) is 0.584. The van der Waals surface area contributed by atoms with Gasteiger partial charge in [0.05, 0.1) is 14.2 Å². The molecule has 0 aliphatic heterocycles. The second-order valence-electron chi connectivity index (χ2n) is 2.65. The molecule has 1 aromatic carbocycles. The van der Waals surface area contributed by atoms with Gasteiger partial charge in [0.1, 0.15) is 11.5 Å². The summed E-state index contributed by atoms with van der Waals surface area (Å²) in [7, 11) is 3.23. The Labute approximate surface area is 77.9 Å². The number of rotatable bonds is 4. The monoisotopic (exact) mass is 182 g/mol. The molecule has 0 atom stereocenters. The van der Waals surface area contributed by atoms with Crippen LogP contribution < -0.4 is 9.47 Å². The van der Waals surface area contributed by atoms with E-state index in [1.807, 2.05) is 18.2 Å². The van der Waals surface area contributed by atoms with Crippen molar-refractivity contribution in [2.24, 2.45) is 0 Å². The Bertz CT molecular complexity index is 271. The molecule has 0 saturated heterocycles. The first kappa shape index (κ1) is 9.86.